The minimum atomic E-state index is -0.196. The van der Waals surface area contributed by atoms with E-state index >= 15 is 0 Å². The third-order valence-corrected chi connectivity index (χ3v) is 3.06. The Balaban J connectivity index is 1.74. The lowest BCUT2D eigenvalue weighted by Crippen LogP contribution is -2.11. The fraction of sp³-hybridized carbons (Fsp3) is 0. The van der Waals surface area contributed by atoms with Gasteiger partial charge < -0.3 is 5.32 Å². The van der Waals surface area contributed by atoms with Crippen molar-refractivity contribution in [2.45, 2.75) is 0 Å². The van der Waals surface area contributed by atoms with Crippen LogP contribution in [0.3, 0.4) is 0 Å². The van der Waals surface area contributed by atoms with E-state index in [0.717, 1.165) is 5.69 Å². The summed E-state index contributed by atoms with van der Waals surface area (Å²) in [5.41, 5.74) is 2.08. The summed E-state index contributed by atoms with van der Waals surface area (Å²) < 4.78 is 1.66. The predicted octanol–water partition coefficient (Wildman–Crippen LogP) is 3.17. The Hall–Kier alpha value is -2.66. The van der Waals surface area contributed by atoms with Crippen molar-refractivity contribution in [3.05, 3.63) is 71.8 Å². The van der Waals surface area contributed by atoms with E-state index in [1.54, 1.807) is 47.5 Å². The quantitative estimate of drug-likeness (QED) is 0.808. The largest absolute Gasteiger partial charge is 0.322 e. The predicted molar refractivity (Wildman–Crippen MR) is 80.8 cm³/mol. The van der Waals surface area contributed by atoms with Gasteiger partial charge in [-0.05, 0) is 36.4 Å². The molecule has 21 heavy (non-hydrogen) atoms. The molecule has 0 aliphatic heterocycles. The molecule has 2 aromatic heterocycles. The zero-order chi connectivity index (χ0) is 14.7. The van der Waals surface area contributed by atoms with Crippen LogP contribution < -0.4 is 5.32 Å². The summed E-state index contributed by atoms with van der Waals surface area (Å²) in [7, 11) is 0. The molecule has 3 rings (SSSR count). The van der Waals surface area contributed by atoms with E-state index in [-0.39, 0.29) is 5.91 Å². The van der Waals surface area contributed by atoms with Crippen molar-refractivity contribution in [2.75, 3.05) is 5.32 Å². The highest BCUT2D eigenvalue weighted by atomic mass is 35.5. The molecule has 1 N–H and O–H groups in total. The molecule has 1 amide bonds. The number of anilines is 1. The van der Waals surface area contributed by atoms with E-state index in [4.69, 9.17) is 11.6 Å². The standard InChI is InChI=1S/C15H11ClN4O/c16-12-9-18-20(10-12)14-5-3-13(4-6-14)19-15(21)11-2-1-7-17-8-11/h1-10H,(H,19,21). The molecule has 0 radical (unpaired) electrons. The number of hydrogen-bond donors (Lipinski definition) is 1. The Kier molecular flexibility index (Phi) is 3.66. The summed E-state index contributed by atoms with van der Waals surface area (Å²) in [5.74, 6) is -0.196. The zero-order valence-electron chi connectivity index (χ0n) is 10.9. The second-order valence-corrected chi connectivity index (χ2v) is 4.78. The summed E-state index contributed by atoms with van der Waals surface area (Å²) in [6.45, 7) is 0. The first-order valence-electron chi connectivity index (χ1n) is 6.24. The van der Waals surface area contributed by atoms with Gasteiger partial charge in [-0.2, -0.15) is 5.10 Å². The molecule has 0 fully saturated rings. The molecule has 6 heteroatoms. The van der Waals surface area contributed by atoms with Crippen LogP contribution in [0.25, 0.3) is 5.69 Å². The van der Waals surface area contributed by atoms with Crippen LogP contribution >= 0.6 is 11.6 Å². The number of aromatic nitrogens is 3. The topological polar surface area (TPSA) is 59.8 Å². The van der Waals surface area contributed by atoms with Crippen molar-refractivity contribution in [3.63, 3.8) is 0 Å². The highest BCUT2D eigenvalue weighted by molar-refractivity contribution is 6.30. The number of carbonyl (C=O) groups excluding carboxylic acids is 1. The van der Waals surface area contributed by atoms with E-state index < -0.39 is 0 Å². The first-order valence-corrected chi connectivity index (χ1v) is 6.62. The van der Waals surface area contributed by atoms with E-state index in [1.807, 2.05) is 12.1 Å². The minimum Gasteiger partial charge on any atom is -0.322 e. The van der Waals surface area contributed by atoms with Gasteiger partial charge >= 0.3 is 0 Å². The monoisotopic (exact) mass is 298 g/mol. The minimum absolute atomic E-state index is 0.196. The van der Waals surface area contributed by atoms with Crippen molar-refractivity contribution < 1.29 is 4.79 Å². The molecule has 0 bridgehead atoms. The number of benzene rings is 1. The number of halogens is 1. The van der Waals surface area contributed by atoms with Crippen LogP contribution in [0.15, 0.2) is 61.2 Å². The lowest BCUT2D eigenvalue weighted by atomic mass is 10.2. The van der Waals surface area contributed by atoms with Gasteiger partial charge in [0.2, 0.25) is 0 Å². The smallest absolute Gasteiger partial charge is 0.257 e. The number of nitrogens with one attached hydrogen (secondary N) is 1. The van der Waals surface area contributed by atoms with Gasteiger partial charge in [0, 0.05) is 24.3 Å². The zero-order valence-corrected chi connectivity index (χ0v) is 11.7. The summed E-state index contributed by atoms with van der Waals surface area (Å²) in [4.78, 5) is 15.9. The summed E-state index contributed by atoms with van der Waals surface area (Å²) in [6.07, 6.45) is 6.43. The number of nitrogens with zero attached hydrogens (tertiary/aromatic N) is 3. The highest BCUT2D eigenvalue weighted by Gasteiger charge is 2.06. The lowest BCUT2D eigenvalue weighted by molar-refractivity contribution is 0.102. The molecule has 3 aromatic rings. The van der Waals surface area contributed by atoms with Gasteiger partial charge in [0.15, 0.2) is 0 Å². The number of pyridine rings is 1. The van der Waals surface area contributed by atoms with E-state index in [0.29, 0.717) is 16.3 Å². The lowest BCUT2D eigenvalue weighted by Gasteiger charge is -2.06. The first kappa shape index (κ1) is 13.3. The maximum absolute atomic E-state index is 12.0. The van der Waals surface area contributed by atoms with Crippen LogP contribution in [0.1, 0.15) is 10.4 Å². The van der Waals surface area contributed by atoms with Gasteiger partial charge in [0.25, 0.3) is 5.91 Å². The molecule has 0 aliphatic carbocycles. The molecule has 0 saturated heterocycles. The molecule has 2 heterocycles. The van der Waals surface area contributed by atoms with Crippen LogP contribution in [0.5, 0.6) is 0 Å². The maximum Gasteiger partial charge on any atom is 0.257 e. The molecule has 0 aliphatic rings. The fourth-order valence-corrected chi connectivity index (χ4v) is 1.98. The maximum atomic E-state index is 12.0. The van der Waals surface area contributed by atoms with Gasteiger partial charge in [-0.1, -0.05) is 11.6 Å². The molecule has 5 nitrogen and oxygen atoms in total. The second kappa shape index (κ2) is 5.76. The van der Waals surface area contributed by atoms with Crippen molar-refractivity contribution in [3.8, 4) is 5.69 Å². The fourth-order valence-electron chi connectivity index (χ4n) is 1.84. The van der Waals surface area contributed by atoms with Gasteiger partial charge in [0.05, 0.1) is 22.5 Å². The Morgan fingerprint density at radius 2 is 1.95 bits per heavy atom. The summed E-state index contributed by atoms with van der Waals surface area (Å²) >= 11 is 5.83. The highest BCUT2D eigenvalue weighted by Crippen LogP contribution is 2.15. The third-order valence-electron chi connectivity index (χ3n) is 2.86. The van der Waals surface area contributed by atoms with Crippen molar-refractivity contribution >= 4 is 23.2 Å². The number of hydrogen-bond acceptors (Lipinski definition) is 3. The molecule has 0 unspecified atom stereocenters. The number of rotatable bonds is 3. The normalized spacial score (nSPS) is 10.3. The van der Waals surface area contributed by atoms with E-state index in [2.05, 4.69) is 15.4 Å². The van der Waals surface area contributed by atoms with Crippen LogP contribution in [-0.4, -0.2) is 20.7 Å². The van der Waals surface area contributed by atoms with Crippen LogP contribution in [0, 0.1) is 0 Å². The molecular weight excluding hydrogens is 288 g/mol. The Morgan fingerprint density at radius 1 is 1.14 bits per heavy atom. The van der Waals surface area contributed by atoms with Crippen molar-refractivity contribution in [1.29, 1.82) is 0 Å². The Labute approximate surface area is 126 Å². The number of amides is 1. The van der Waals surface area contributed by atoms with Crippen molar-refractivity contribution in [2.24, 2.45) is 0 Å². The van der Waals surface area contributed by atoms with Gasteiger partial charge in [-0.3, -0.25) is 9.78 Å². The molecule has 0 atom stereocenters. The molecule has 0 saturated carbocycles. The van der Waals surface area contributed by atoms with Crippen LogP contribution in [0.4, 0.5) is 5.69 Å². The molecule has 1 aromatic carbocycles. The average molecular weight is 299 g/mol. The molecule has 104 valence electrons. The average Bonchev–Trinajstić information content (AvgIpc) is 2.95. The van der Waals surface area contributed by atoms with E-state index in [9.17, 15) is 4.79 Å². The SMILES string of the molecule is O=C(Nc1ccc(-n2cc(Cl)cn2)cc1)c1cccnc1. The Bertz CT molecular complexity index is 753. The Morgan fingerprint density at radius 3 is 2.57 bits per heavy atom. The molecule has 0 spiro atoms. The second-order valence-electron chi connectivity index (χ2n) is 4.35. The molecular formula is C15H11ClN4O. The van der Waals surface area contributed by atoms with Crippen LogP contribution in [0.2, 0.25) is 5.02 Å². The van der Waals surface area contributed by atoms with Gasteiger partial charge in [-0.25, -0.2) is 4.68 Å². The van der Waals surface area contributed by atoms with Gasteiger partial charge in [-0.15, -0.1) is 0 Å². The first-order chi connectivity index (χ1) is 10.2. The van der Waals surface area contributed by atoms with E-state index in [1.165, 1.54) is 6.20 Å². The van der Waals surface area contributed by atoms with Crippen LogP contribution in [-0.2, 0) is 0 Å². The van der Waals surface area contributed by atoms with Crippen molar-refractivity contribution in [1.82, 2.24) is 14.8 Å². The number of carbonyl (C=O) groups is 1. The third kappa shape index (κ3) is 3.09. The summed E-state index contributed by atoms with van der Waals surface area (Å²) in [6, 6.07) is 10.7. The summed E-state index contributed by atoms with van der Waals surface area (Å²) in [5, 5.41) is 7.49. The van der Waals surface area contributed by atoms with Gasteiger partial charge in [0.1, 0.15) is 0 Å².